The minimum Gasteiger partial charge on any atom is -0.320 e. The van der Waals surface area contributed by atoms with Crippen LogP contribution in [-0.4, -0.2) is 158 Å². The Labute approximate surface area is 287 Å². The van der Waals surface area contributed by atoms with Gasteiger partial charge >= 0.3 is 44.4 Å². The van der Waals surface area contributed by atoms with Gasteiger partial charge < -0.3 is 20.0 Å². The van der Waals surface area contributed by atoms with Gasteiger partial charge in [-0.05, 0) is 87.3 Å². The molecular weight excluding hydrogens is 757 g/mol. The van der Waals surface area contributed by atoms with Crippen molar-refractivity contribution < 1.29 is 73.4 Å². The highest BCUT2D eigenvalue weighted by Crippen LogP contribution is 2.49. The molecule has 0 spiro atoms. The number of sulfonamides is 1. The van der Waals surface area contributed by atoms with Crippen LogP contribution in [0.3, 0.4) is 0 Å². The molecule has 0 unspecified atom stereocenters. The SMILES string of the molecule is CC(F)(F)C(F)(F)C(F)(F)S(=O)(=O)F.CCN(CC)CC.CN(C)CCCN(C)S(=O)(=O)C(F)(F)C(F)(F)C(C)(F)F.CNCCCN(C)C. The summed E-state index contributed by atoms with van der Waals surface area (Å²) in [6, 6.07) is 0. The smallest absolute Gasteiger partial charge is 0.320 e. The van der Waals surface area contributed by atoms with Crippen LogP contribution in [0.4, 0.5) is 56.6 Å². The van der Waals surface area contributed by atoms with Crippen molar-refractivity contribution in [2.75, 3.05) is 88.1 Å². The van der Waals surface area contributed by atoms with E-state index in [1.54, 1.807) is 19.0 Å². The molecule has 0 bridgehead atoms. The first-order valence-electron chi connectivity index (χ1n) is 14.8. The van der Waals surface area contributed by atoms with Crippen molar-refractivity contribution >= 4 is 20.2 Å². The van der Waals surface area contributed by atoms with Crippen LogP contribution in [0, 0.1) is 0 Å². The maximum atomic E-state index is 13.4. The lowest BCUT2D eigenvalue weighted by Gasteiger charge is -2.32. The molecule has 0 fully saturated rings. The minimum atomic E-state index is -7.11. The highest BCUT2D eigenvalue weighted by atomic mass is 32.3. The Morgan fingerprint density at radius 1 is 0.560 bits per heavy atom. The van der Waals surface area contributed by atoms with Crippen LogP contribution in [0.25, 0.3) is 0 Å². The van der Waals surface area contributed by atoms with Gasteiger partial charge in [0.15, 0.2) is 0 Å². The zero-order valence-corrected chi connectivity index (χ0v) is 31.6. The monoisotopic (exact) mass is 809 g/mol. The number of hydrogen-bond donors (Lipinski definition) is 1. The summed E-state index contributed by atoms with van der Waals surface area (Å²) in [6.45, 7) is 11.1. The fourth-order valence-electron chi connectivity index (χ4n) is 2.99. The van der Waals surface area contributed by atoms with E-state index in [2.05, 4.69) is 50.0 Å². The second-order valence-corrected chi connectivity index (χ2v) is 14.7. The molecule has 0 saturated carbocycles. The molecule has 308 valence electrons. The molecule has 0 aromatic heterocycles. The van der Waals surface area contributed by atoms with E-state index in [1.165, 1.54) is 32.6 Å². The molecule has 0 rings (SSSR count). The minimum absolute atomic E-state index is 0.0316. The van der Waals surface area contributed by atoms with Crippen molar-refractivity contribution in [2.45, 2.75) is 81.7 Å². The molecule has 24 heteroatoms. The van der Waals surface area contributed by atoms with Crippen LogP contribution in [0.5, 0.6) is 0 Å². The fraction of sp³-hybridized carbons (Fsp3) is 1.00. The van der Waals surface area contributed by atoms with Crippen molar-refractivity contribution in [3.8, 4) is 0 Å². The first kappa shape index (κ1) is 55.5. The Morgan fingerprint density at radius 2 is 0.880 bits per heavy atom. The van der Waals surface area contributed by atoms with Gasteiger partial charge in [0.25, 0.3) is 10.0 Å². The average molecular weight is 810 g/mol. The third-order valence-electron chi connectivity index (χ3n) is 6.33. The molecule has 0 amide bonds. The summed E-state index contributed by atoms with van der Waals surface area (Å²) in [4.78, 5) is 6.19. The number of halogens is 13. The van der Waals surface area contributed by atoms with Crippen LogP contribution in [0.1, 0.15) is 47.5 Å². The van der Waals surface area contributed by atoms with Crippen LogP contribution in [0.2, 0.25) is 0 Å². The van der Waals surface area contributed by atoms with E-state index in [-0.39, 0.29) is 10.7 Å². The van der Waals surface area contributed by atoms with E-state index < -0.39 is 74.8 Å². The molecule has 0 heterocycles. The van der Waals surface area contributed by atoms with E-state index in [4.69, 9.17) is 0 Å². The third kappa shape index (κ3) is 17.1. The van der Waals surface area contributed by atoms with Gasteiger partial charge in [0.2, 0.25) is 0 Å². The standard InChI is InChI=1S/C10H18F6N2O2S.C6H16N2.C6H15N.C4H3F7O2S/c1-8(11,12)9(13,14)10(15,16)21(19,20)18(4)7-5-6-17(2)3;1-7-5-4-6-8(2)3;1-4-7(5-2)6-3;1-2(5,6)3(7,8)4(9,10)14(11,12)13/h5-7H2,1-4H3;7H,4-6H2,1-3H3;4-6H2,1-3H3;1H3. The van der Waals surface area contributed by atoms with Crippen molar-refractivity contribution in [3.63, 3.8) is 0 Å². The second-order valence-electron chi connectivity index (χ2n) is 11.3. The zero-order valence-electron chi connectivity index (χ0n) is 30.0. The average Bonchev–Trinajstić information content (AvgIpc) is 2.92. The van der Waals surface area contributed by atoms with Crippen molar-refractivity contribution in [1.82, 2.24) is 24.3 Å². The van der Waals surface area contributed by atoms with Crippen molar-refractivity contribution in [3.05, 3.63) is 0 Å². The van der Waals surface area contributed by atoms with Crippen LogP contribution < -0.4 is 5.32 Å². The van der Waals surface area contributed by atoms with Gasteiger partial charge in [-0.15, -0.1) is 0 Å². The summed E-state index contributed by atoms with van der Waals surface area (Å²) in [7, 11) is -2.96. The Kier molecular flexibility index (Phi) is 24.6. The molecule has 0 aromatic carbocycles. The predicted octanol–water partition coefficient (Wildman–Crippen LogP) is 5.76. The number of hydrogen-bond acceptors (Lipinski definition) is 8. The van der Waals surface area contributed by atoms with Crippen molar-refractivity contribution in [2.24, 2.45) is 0 Å². The van der Waals surface area contributed by atoms with E-state index in [9.17, 15) is 73.4 Å². The Morgan fingerprint density at radius 3 is 1.10 bits per heavy atom. The third-order valence-corrected chi connectivity index (χ3v) is 9.10. The lowest BCUT2D eigenvalue weighted by atomic mass is 10.2. The topological polar surface area (TPSA) is 93.3 Å². The number of alkyl halides is 12. The number of nitrogens with one attached hydrogen (secondary N) is 1. The Balaban J connectivity index is -0.000000312. The van der Waals surface area contributed by atoms with Crippen molar-refractivity contribution in [1.29, 1.82) is 0 Å². The predicted molar refractivity (Wildman–Crippen MR) is 166 cm³/mol. The molecule has 0 aromatic rings. The summed E-state index contributed by atoms with van der Waals surface area (Å²) >= 11 is 0. The molecule has 0 aliphatic heterocycles. The molecule has 50 heavy (non-hydrogen) atoms. The quantitative estimate of drug-likeness (QED) is 0.106. The molecule has 0 aliphatic rings. The van der Waals surface area contributed by atoms with Gasteiger partial charge in [-0.1, -0.05) is 24.7 Å². The fourth-order valence-corrected chi connectivity index (χ4v) is 4.74. The van der Waals surface area contributed by atoms with E-state index in [0.717, 1.165) is 6.54 Å². The van der Waals surface area contributed by atoms with Crippen LogP contribution in [-0.2, 0) is 20.2 Å². The highest BCUT2D eigenvalue weighted by Gasteiger charge is 2.77. The Bertz CT molecular complexity index is 1130. The maximum Gasteiger partial charge on any atom is 0.442 e. The highest BCUT2D eigenvalue weighted by molar-refractivity contribution is 7.90. The largest absolute Gasteiger partial charge is 0.442 e. The van der Waals surface area contributed by atoms with Gasteiger partial charge in [0, 0.05) is 27.4 Å². The van der Waals surface area contributed by atoms with Gasteiger partial charge in [-0.25, -0.2) is 8.42 Å². The zero-order chi connectivity index (χ0) is 41.4. The first-order valence-corrected chi connectivity index (χ1v) is 17.6. The van der Waals surface area contributed by atoms with Gasteiger partial charge in [-0.2, -0.15) is 65.4 Å². The maximum absolute atomic E-state index is 13.4. The van der Waals surface area contributed by atoms with Gasteiger partial charge in [0.05, 0.1) is 0 Å². The normalized spacial score (nSPS) is 13.8. The summed E-state index contributed by atoms with van der Waals surface area (Å²) in [6.07, 6.45) is 1.32. The lowest BCUT2D eigenvalue weighted by molar-refractivity contribution is -0.272. The Hall–Kier alpha value is -1.21. The first-order chi connectivity index (χ1) is 22.0. The van der Waals surface area contributed by atoms with Crippen LogP contribution >= 0.6 is 0 Å². The lowest BCUT2D eigenvalue weighted by Crippen LogP contribution is -2.59. The van der Waals surface area contributed by atoms with E-state index in [0.29, 0.717) is 13.6 Å². The molecule has 0 aliphatic carbocycles. The van der Waals surface area contributed by atoms with Gasteiger partial charge in [0.1, 0.15) is 0 Å². The molecule has 0 atom stereocenters. The molecular formula is C26H52F13N5O4S2. The summed E-state index contributed by atoms with van der Waals surface area (Å²) in [5.41, 5.74) is 0. The summed E-state index contributed by atoms with van der Waals surface area (Å²) in [5.74, 6) is -22.9. The number of nitrogens with zero attached hydrogens (tertiary/aromatic N) is 4. The molecule has 0 saturated heterocycles. The molecule has 9 nitrogen and oxygen atoms in total. The number of rotatable bonds is 18. The van der Waals surface area contributed by atoms with E-state index >= 15 is 0 Å². The summed E-state index contributed by atoms with van der Waals surface area (Å²) < 4.78 is 204. The second kappa shape index (κ2) is 22.1. The molecule has 0 radical (unpaired) electrons. The molecule has 1 N–H and O–H groups in total. The van der Waals surface area contributed by atoms with Crippen LogP contribution in [0.15, 0.2) is 0 Å². The van der Waals surface area contributed by atoms with Gasteiger partial charge in [-0.3, -0.25) is 0 Å². The summed E-state index contributed by atoms with van der Waals surface area (Å²) in [5, 5.41) is -9.28. The van der Waals surface area contributed by atoms with E-state index in [1.807, 2.05) is 7.05 Å².